The summed E-state index contributed by atoms with van der Waals surface area (Å²) in [7, 11) is 2.82. The van der Waals surface area contributed by atoms with Crippen LogP contribution in [-0.2, 0) is 19.1 Å². The zero-order valence-electron chi connectivity index (χ0n) is 18.5. The predicted molar refractivity (Wildman–Crippen MR) is 118 cm³/mol. The van der Waals surface area contributed by atoms with E-state index in [-0.39, 0.29) is 30.0 Å². The second kappa shape index (κ2) is 10.5. The van der Waals surface area contributed by atoms with Gasteiger partial charge in [0.05, 0.1) is 26.7 Å². The fourth-order valence-electron chi connectivity index (χ4n) is 3.40. The van der Waals surface area contributed by atoms with Crippen molar-refractivity contribution < 1.29 is 33.4 Å². The Balaban J connectivity index is 1.55. The van der Waals surface area contributed by atoms with Gasteiger partial charge in [-0.05, 0) is 36.8 Å². The van der Waals surface area contributed by atoms with Crippen LogP contribution in [0.2, 0.25) is 0 Å². The molecule has 33 heavy (non-hydrogen) atoms. The Morgan fingerprint density at radius 2 is 1.73 bits per heavy atom. The molecule has 174 valence electrons. The van der Waals surface area contributed by atoms with Gasteiger partial charge in [0.1, 0.15) is 17.1 Å². The van der Waals surface area contributed by atoms with Gasteiger partial charge >= 0.3 is 5.97 Å². The van der Waals surface area contributed by atoms with Gasteiger partial charge in [-0.3, -0.25) is 29.6 Å². The van der Waals surface area contributed by atoms with Gasteiger partial charge < -0.3 is 19.5 Å². The van der Waals surface area contributed by atoms with Gasteiger partial charge in [-0.25, -0.2) is 0 Å². The van der Waals surface area contributed by atoms with Crippen molar-refractivity contribution in [3.8, 4) is 11.5 Å². The van der Waals surface area contributed by atoms with Gasteiger partial charge in [0.2, 0.25) is 5.91 Å². The highest BCUT2D eigenvalue weighted by molar-refractivity contribution is 6.01. The Morgan fingerprint density at radius 3 is 2.36 bits per heavy atom. The number of carbonyl (C=O) groups excluding carboxylic acids is 4. The molecule has 0 radical (unpaired) electrons. The number of nitrogens with zero attached hydrogens (tertiary/aromatic N) is 1. The third kappa shape index (κ3) is 5.79. The lowest BCUT2D eigenvalue weighted by Gasteiger charge is -2.19. The van der Waals surface area contributed by atoms with Crippen molar-refractivity contribution in [3.05, 3.63) is 53.6 Å². The summed E-state index contributed by atoms with van der Waals surface area (Å²) in [6.45, 7) is 1.32. The highest BCUT2D eigenvalue weighted by Crippen LogP contribution is 2.28. The topological polar surface area (TPSA) is 123 Å². The number of methoxy groups -OCH3 is 2. The summed E-state index contributed by atoms with van der Waals surface area (Å²) in [4.78, 5) is 49.5. The first-order chi connectivity index (χ1) is 15.8. The van der Waals surface area contributed by atoms with Gasteiger partial charge in [-0.2, -0.15) is 0 Å². The minimum atomic E-state index is -0.816. The highest BCUT2D eigenvalue weighted by atomic mass is 16.5. The van der Waals surface area contributed by atoms with E-state index in [2.05, 4.69) is 10.7 Å². The molecule has 1 aliphatic heterocycles. The summed E-state index contributed by atoms with van der Waals surface area (Å²) in [5.74, 6) is -2.54. The number of anilines is 1. The second-order valence-electron chi connectivity index (χ2n) is 7.41. The van der Waals surface area contributed by atoms with Crippen molar-refractivity contribution in [2.45, 2.75) is 13.3 Å². The predicted octanol–water partition coefficient (Wildman–Crippen LogP) is 1.69. The molecule has 0 bridgehead atoms. The minimum absolute atomic E-state index is 0.0830. The molecule has 2 N–H and O–H groups in total. The van der Waals surface area contributed by atoms with Crippen LogP contribution in [0.3, 0.4) is 0 Å². The molecule has 10 nitrogen and oxygen atoms in total. The molecule has 3 amide bonds. The van der Waals surface area contributed by atoms with Gasteiger partial charge in [0, 0.05) is 12.1 Å². The summed E-state index contributed by atoms with van der Waals surface area (Å²) in [5, 5.41) is 3.69. The second-order valence-corrected chi connectivity index (χ2v) is 7.41. The fourth-order valence-corrected chi connectivity index (χ4v) is 3.40. The number of esters is 1. The van der Waals surface area contributed by atoms with Crippen molar-refractivity contribution in [1.29, 1.82) is 0 Å². The van der Waals surface area contributed by atoms with Crippen molar-refractivity contribution in [2.75, 3.05) is 32.7 Å². The minimum Gasteiger partial charge on any atom is -0.496 e. The molecule has 1 atom stereocenters. The first-order valence-electron chi connectivity index (χ1n) is 10.2. The SMILES string of the molecule is COc1cccc(OC)c1C(=O)NN1C[C@@H](C(=O)OCC(=O)Nc2cccc(C)c2)CC1=O. The first kappa shape index (κ1) is 23.6. The van der Waals surface area contributed by atoms with Gasteiger partial charge in [0.25, 0.3) is 11.8 Å². The van der Waals surface area contributed by atoms with E-state index in [4.69, 9.17) is 14.2 Å². The van der Waals surface area contributed by atoms with Gasteiger partial charge in [0.15, 0.2) is 6.61 Å². The molecule has 0 unspecified atom stereocenters. The van der Waals surface area contributed by atoms with Crippen LogP contribution < -0.4 is 20.2 Å². The number of hydrazine groups is 1. The number of carbonyl (C=O) groups is 4. The Bertz CT molecular complexity index is 1050. The Morgan fingerprint density at radius 1 is 1.06 bits per heavy atom. The number of benzene rings is 2. The maximum absolute atomic E-state index is 12.8. The summed E-state index contributed by atoms with van der Waals surface area (Å²) >= 11 is 0. The molecule has 2 aromatic rings. The molecular weight excluding hydrogens is 430 g/mol. The molecular formula is C23H25N3O7. The largest absolute Gasteiger partial charge is 0.496 e. The van der Waals surface area contributed by atoms with Crippen LogP contribution in [0.25, 0.3) is 0 Å². The molecule has 0 saturated carbocycles. The summed E-state index contributed by atoms with van der Waals surface area (Å²) in [6.07, 6.45) is -0.151. The third-order valence-corrected chi connectivity index (χ3v) is 5.00. The lowest BCUT2D eigenvalue weighted by atomic mass is 10.1. The van der Waals surface area contributed by atoms with Crippen LogP contribution in [0.5, 0.6) is 11.5 Å². The number of nitrogens with one attached hydrogen (secondary N) is 2. The molecule has 10 heteroatoms. The number of amides is 3. The van der Waals surface area contributed by atoms with E-state index in [1.165, 1.54) is 14.2 Å². The number of ether oxygens (including phenoxy) is 3. The van der Waals surface area contributed by atoms with Crippen LogP contribution in [0.4, 0.5) is 5.69 Å². The van der Waals surface area contributed by atoms with Crippen LogP contribution in [-0.4, -0.2) is 56.1 Å². The maximum atomic E-state index is 12.8. The van der Waals surface area contributed by atoms with E-state index in [0.717, 1.165) is 10.6 Å². The third-order valence-electron chi connectivity index (χ3n) is 5.00. The standard InChI is InChI=1S/C23H25N3O7/c1-14-6-4-7-16(10-14)24-19(27)13-33-23(30)15-11-20(28)26(12-15)25-22(29)21-17(31-2)8-5-9-18(21)32-3/h4-10,15H,11-13H2,1-3H3,(H,24,27)(H,25,29)/t15-/m0/s1. The number of rotatable bonds is 8. The van der Waals surface area contributed by atoms with E-state index in [0.29, 0.717) is 5.69 Å². The van der Waals surface area contributed by atoms with Gasteiger partial charge in [-0.15, -0.1) is 0 Å². The summed E-state index contributed by atoms with van der Waals surface area (Å²) < 4.78 is 15.5. The van der Waals surface area contributed by atoms with E-state index in [1.807, 2.05) is 13.0 Å². The average Bonchev–Trinajstić information content (AvgIpc) is 3.16. The van der Waals surface area contributed by atoms with E-state index in [1.54, 1.807) is 36.4 Å². The van der Waals surface area contributed by atoms with E-state index in [9.17, 15) is 19.2 Å². The van der Waals surface area contributed by atoms with Crippen molar-refractivity contribution >= 4 is 29.4 Å². The Labute approximate surface area is 190 Å². The normalized spacial score (nSPS) is 15.1. The first-order valence-corrected chi connectivity index (χ1v) is 10.2. The highest BCUT2D eigenvalue weighted by Gasteiger charge is 2.37. The van der Waals surface area contributed by atoms with Crippen molar-refractivity contribution in [2.24, 2.45) is 5.92 Å². The molecule has 1 saturated heterocycles. The Kier molecular flexibility index (Phi) is 7.50. The number of aryl methyl sites for hydroxylation is 1. The molecule has 0 spiro atoms. The molecule has 3 rings (SSSR count). The van der Waals surface area contributed by atoms with Crippen LogP contribution in [0, 0.1) is 12.8 Å². The van der Waals surface area contributed by atoms with E-state index >= 15 is 0 Å². The lowest BCUT2D eigenvalue weighted by Crippen LogP contribution is -2.43. The average molecular weight is 455 g/mol. The molecule has 1 fully saturated rings. The monoisotopic (exact) mass is 455 g/mol. The molecule has 0 aromatic heterocycles. The molecule has 0 aliphatic carbocycles. The van der Waals surface area contributed by atoms with Crippen molar-refractivity contribution in [3.63, 3.8) is 0 Å². The maximum Gasteiger partial charge on any atom is 0.311 e. The van der Waals surface area contributed by atoms with Crippen LogP contribution in [0.15, 0.2) is 42.5 Å². The van der Waals surface area contributed by atoms with Crippen molar-refractivity contribution in [1.82, 2.24) is 10.4 Å². The fraction of sp³-hybridized carbons (Fsp3) is 0.304. The quantitative estimate of drug-likeness (QED) is 0.581. The molecule has 1 heterocycles. The summed E-state index contributed by atoms with van der Waals surface area (Å²) in [5.41, 5.74) is 4.16. The Hall–Kier alpha value is -4.08. The van der Waals surface area contributed by atoms with Crippen LogP contribution >= 0.6 is 0 Å². The van der Waals surface area contributed by atoms with Crippen LogP contribution in [0.1, 0.15) is 22.3 Å². The number of hydrogen-bond donors (Lipinski definition) is 2. The number of hydrogen-bond acceptors (Lipinski definition) is 7. The van der Waals surface area contributed by atoms with Gasteiger partial charge in [-0.1, -0.05) is 18.2 Å². The lowest BCUT2D eigenvalue weighted by molar-refractivity contribution is -0.151. The molecule has 1 aliphatic rings. The zero-order chi connectivity index (χ0) is 24.0. The zero-order valence-corrected chi connectivity index (χ0v) is 18.5. The molecule has 2 aromatic carbocycles. The van der Waals surface area contributed by atoms with E-state index < -0.39 is 36.2 Å². The smallest absolute Gasteiger partial charge is 0.311 e. The summed E-state index contributed by atoms with van der Waals surface area (Å²) in [6, 6.07) is 12.0.